The van der Waals surface area contributed by atoms with Crippen LogP contribution in [0.25, 0.3) is 0 Å². The van der Waals surface area contributed by atoms with Crippen LogP contribution < -0.4 is 5.56 Å². The molecule has 1 heterocycles. The smallest absolute Gasteiger partial charge is 0.256 e. The second-order valence-electron chi connectivity index (χ2n) is 3.78. The molecular weight excluding hydrogens is 254 g/mol. The molecule has 0 saturated heterocycles. The van der Waals surface area contributed by atoms with Gasteiger partial charge in [0.15, 0.2) is 0 Å². The van der Waals surface area contributed by atoms with E-state index in [1.807, 2.05) is 30.3 Å². The lowest BCUT2D eigenvalue weighted by atomic mass is 10.2. The third-order valence-corrected chi connectivity index (χ3v) is 2.69. The average Bonchev–Trinajstić information content (AvgIpc) is 2.37. The molecule has 0 amide bonds. The van der Waals surface area contributed by atoms with Crippen molar-refractivity contribution in [2.24, 2.45) is 0 Å². The molecule has 0 radical (unpaired) electrons. The molecule has 94 valence electrons. The Bertz CT molecular complexity index is 581. The topological polar surface area (TPSA) is 51.5 Å². The number of aromatic nitrogens is 1. The zero-order chi connectivity index (χ0) is 13.0. The Morgan fingerprint density at radius 2 is 2.00 bits per heavy atom. The molecule has 5 heteroatoms. The van der Waals surface area contributed by atoms with E-state index in [2.05, 4.69) is 0 Å². The Hall–Kier alpha value is -1.78. The van der Waals surface area contributed by atoms with Crippen molar-refractivity contribution in [3.63, 3.8) is 0 Å². The molecule has 0 aliphatic carbocycles. The van der Waals surface area contributed by atoms with Crippen molar-refractivity contribution >= 4 is 11.6 Å². The summed E-state index contributed by atoms with van der Waals surface area (Å²) in [6.45, 7) is 0.500. The second-order valence-corrected chi connectivity index (χ2v) is 4.19. The van der Waals surface area contributed by atoms with Crippen LogP contribution in [0, 0.1) is 0 Å². The number of aromatic hydroxyl groups is 1. The molecule has 1 N–H and O–H groups in total. The Balaban J connectivity index is 1.99. The molecule has 0 unspecified atom stereocenters. The van der Waals surface area contributed by atoms with Crippen LogP contribution in [-0.4, -0.2) is 9.67 Å². The highest BCUT2D eigenvalue weighted by Gasteiger charge is 2.03. The third kappa shape index (κ3) is 3.12. The summed E-state index contributed by atoms with van der Waals surface area (Å²) in [5.74, 6) is -0.221. The summed E-state index contributed by atoms with van der Waals surface area (Å²) >= 11 is 5.72. The van der Waals surface area contributed by atoms with E-state index in [4.69, 9.17) is 16.3 Å². The van der Waals surface area contributed by atoms with Crippen molar-refractivity contribution in [1.82, 2.24) is 4.57 Å². The van der Waals surface area contributed by atoms with E-state index >= 15 is 0 Å². The molecule has 4 nitrogen and oxygen atoms in total. The van der Waals surface area contributed by atoms with Crippen molar-refractivity contribution in [3.05, 3.63) is 63.5 Å². The van der Waals surface area contributed by atoms with Crippen molar-refractivity contribution in [2.75, 3.05) is 0 Å². The summed E-state index contributed by atoms with van der Waals surface area (Å²) < 4.78 is 6.70. The van der Waals surface area contributed by atoms with Crippen molar-refractivity contribution in [3.8, 4) is 5.75 Å². The first-order chi connectivity index (χ1) is 8.66. The maximum Gasteiger partial charge on any atom is 0.256 e. The summed E-state index contributed by atoms with van der Waals surface area (Å²) in [4.78, 5) is 11.5. The minimum atomic E-state index is -0.357. The minimum absolute atomic E-state index is 0.0910. The quantitative estimate of drug-likeness (QED) is 0.923. The molecule has 0 saturated carbocycles. The zero-order valence-corrected chi connectivity index (χ0v) is 10.3. The van der Waals surface area contributed by atoms with E-state index in [9.17, 15) is 9.90 Å². The van der Waals surface area contributed by atoms with E-state index in [1.54, 1.807) is 0 Å². The number of hydrogen-bond acceptors (Lipinski definition) is 3. The first-order valence-electron chi connectivity index (χ1n) is 5.37. The van der Waals surface area contributed by atoms with Crippen LogP contribution in [0.3, 0.4) is 0 Å². The van der Waals surface area contributed by atoms with Gasteiger partial charge in [-0.2, -0.15) is 0 Å². The molecule has 18 heavy (non-hydrogen) atoms. The Kier molecular flexibility index (Phi) is 4.02. The summed E-state index contributed by atoms with van der Waals surface area (Å²) in [7, 11) is 0. The predicted molar refractivity (Wildman–Crippen MR) is 68.6 cm³/mol. The largest absolute Gasteiger partial charge is 0.506 e. The number of pyridine rings is 1. The Morgan fingerprint density at radius 3 is 2.72 bits per heavy atom. The number of nitrogens with zero attached hydrogens (tertiary/aromatic N) is 1. The fourth-order valence-electron chi connectivity index (χ4n) is 1.47. The number of benzene rings is 1. The summed E-state index contributed by atoms with van der Waals surface area (Å²) in [6, 6.07) is 10.7. The second kappa shape index (κ2) is 5.71. The standard InChI is InChI=1S/C13H12ClNO3/c14-11-7-15(13(17)6-12(11)16)9-18-8-10-4-2-1-3-5-10/h1-7,16H,8-9H2. The lowest BCUT2D eigenvalue weighted by Crippen LogP contribution is -2.19. The SMILES string of the molecule is O=c1cc(O)c(Cl)cn1COCc1ccccc1. The Morgan fingerprint density at radius 1 is 1.28 bits per heavy atom. The lowest BCUT2D eigenvalue weighted by molar-refractivity contribution is 0.0617. The van der Waals surface area contributed by atoms with Gasteiger partial charge < -0.3 is 9.84 Å². The van der Waals surface area contributed by atoms with Gasteiger partial charge in [0.1, 0.15) is 12.5 Å². The molecule has 0 fully saturated rings. The zero-order valence-electron chi connectivity index (χ0n) is 9.54. The first-order valence-corrected chi connectivity index (χ1v) is 5.75. The lowest BCUT2D eigenvalue weighted by Gasteiger charge is -2.08. The maximum absolute atomic E-state index is 11.5. The van der Waals surface area contributed by atoms with Crippen LogP contribution in [0.5, 0.6) is 5.75 Å². The molecular formula is C13H12ClNO3. The van der Waals surface area contributed by atoms with Crippen LogP contribution in [-0.2, 0) is 18.1 Å². The molecule has 0 aliphatic heterocycles. The molecule has 1 aromatic carbocycles. The van der Waals surface area contributed by atoms with Gasteiger partial charge in [0, 0.05) is 12.3 Å². The van der Waals surface area contributed by atoms with Crippen LogP contribution in [0.2, 0.25) is 5.02 Å². The van der Waals surface area contributed by atoms with Gasteiger partial charge in [-0.1, -0.05) is 41.9 Å². The van der Waals surface area contributed by atoms with Gasteiger partial charge in [0.25, 0.3) is 5.56 Å². The van der Waals surface area contributed by atoms with Crippen molar-refractivity contribution in [2.45, 2.75) is 13.3 Å². The van der Waals surface area contributed by atoms with Gasteiger partial charge in [-0.25, -0.2) is 0 Å². The molecule has 2 rings (SSSR count). The van der Waals surface area contributed by atoms with E-state index in [-0.39, 0.29) is 23.1 Å². The molecule has 2 aromatic rings. The highest BCUT2D eigenvalue weighted by Crippen LogP contribution is 2.18. The van der Waals surface area contributed by atoms with Crippen molar-refractivity contribution < 1.29 is 9.84 Å². The molecule has 0 atom stereocenters. The fourth-order valence-corrected chi connectivity index (χ4v) is 1.64. The Labute approximate surface area is 109 Å². The van der Waals surface area contributed by atoms with Gasteiger partial charge in [0.05, 0.1) is 11.6 Å². The summed E-state index contributed by atoms with van der Waals surface area (Å²) in [6.07, 6.45) is 1.35. The van der Waals surface area contributed by atoms with Gasteiger partial charge in [0.2, 0.25) is 0 Å². The number of ether oxygens (including phenoxy) is 1. The minimum Gasteiger partial charge on any atom is -0.506 e. The van der Waals surface area contributed by atoms with Crippen LogP contribution in [0.1, 0.15) is 5.56 Å². The first kappa shape index (κ1) is 12.7. The van der Waals surface area contributed by atoms with Gasteiger partial charge in [-0.3, -0.25) is 9.36 Å². The van der Waals surface area contributed by atoms with E-state index in [1.165, 1.54) is 10.8 Å². The van der Waals surface area contributed by atoms with Crippen LogP contribution in [0.15, 0.2) is 47.4 Å². The van der Waals surface area contributed by atoms with E-state index in [0.717, 1.165) is 11.6 Å². The molecule has 0 spiro atoms. The third-order valence-electron chi connectivity index (χ3n) is 2.40. The number of halogens is 1. The van der Waals surface area contributed by atoms with Gasteiger partial charge in [-0.15, -0.1) is 0 Å². The van der Waals surface area contributed by atoms with Crippen LogP contribution >= 0.6 is 11.6 Å². The maximum atomic E-state index is 11.5. The predicted octanol–water partition coefficient (Wildman–Crippen LogP) is 2.38. The molecule has 0 aliphatic rings. The van der Waals surface area contributed by atoms with Gasteiger partial charge >= 0.3 is 0 Å². The van der Waals surface area contributed by atoms with Gasteiger partial charge in [-0.05, 0) is 5.56 Å². The van der Waals surface area contributed by atoms with E-state index < -0.39 is 0 Å². The molecule has 0 bridgehead atoms. The summed E-state index contributed by atoms with van der Waals surface area (Å²) in [5, 5.41) is 9.36. The normalized spacial score (nSPS) is 10.5. The van der Waals surface area contributed by atoms with Crippen LogP contribution in [0.4, 0.5) is 0 Å². The highest BCUT2D eigenvalue weighted by atomic mass is 35.5. The monoisotopic (exact) mass is 265 g/mol. The summed E-state index contributed by atoms with van der Waals surface area (Å²) in [5.41, 5.74) is 0.667. The van der Waals surface area contributed by atoms with Crippen molar-refractivity contribution in [1.29, 1.82) is 0 Å². The number of hydrogen-bond donors (Lipinski definition) is 1. The molecule has 1 aromatic heterocycles. The van der Waals surface area contributed by atoms with E-state index in [0.29, 0.717) is 6.61 Å². The highest BCUT2D eigenvalue weighted by molar-refractivity contribution is 6.31. The average molecular weight is 266 g/mol. The fraction of sp³-hybridized carbons (Fsp3) is 0.154. The number of rotatable bonds is 4.